The van der Waals surface area contributed by atoms with Crippen molar-refractivity contribution in [2.75, 3.05) is 13.1 Å². The Morgan fingerprint density at radius 2 is 1.72 bits per heavy atom. The van der Waals surface area contributed by atoms with Gasteiger partial charge in [0.1, 0.15) is 5.84 Å². The molecular formula is C19H21N5O4S. The summed E-state index contributed by atoms with van der Waals surface area (Å²) in [5.41, 5.74) is 1.44. The lowest BCUT2D eigenvalue weighted by Gasteiger charge is -2.06. The third-order valence-corrected chi connectivity index (χ3v) is 5.58. The molecule has 1 aliphatic rings. The van der Waals surface area contributed by atoms with E-state index in [0.29, 0.717) is 12.1 Å². The highest BCUT2D eigenvalue weighted by Gasteiger charge is 2.29. The normalized spacial score (nSPS) is 15.4. The lowest BCUT2D eigenvalue weighted by atomic mass is 10.2. The summed E-state index contributed by atoms with van der Waals surface area (Å²) >= 11 is 0. The van der Waals surface area contributed by atoms with E-state index < -0.39 is 10.0 Å². The first kappa shape index (κ1) is 20.5. The smallest absolute Gasteiger partial charge is 0.263 e. The second-order valence-electron chi connectivity index (χ2n) is 6.31. The van der Waals surface area contributed by atoms with Crippen LogP contribution in [0.15, 0.2) is 58.7 Å². The fourth-order valence-electron chi connectivity index (χ4n) is 2.71. The van der Waals surface area contributed by atoms with E-state index in [9.17, 15) is 18.0 Å². The summed E-state index contributed by atoms with van der Waals surface area (Å²) in [4.78, 5) is 32.0. The lowest BCUT2D eigenvalue weighted by molar-refractivity contribution is -0.122. The minimum absolute atomic E-state index is 0.0893. The number of sulfonamides is 1. The number of aliphatic imine (C=N–C) groups is 1. The molecule has 9 nitrogen and oxygen atoms in total. The third-order valence-electron chi connectivity index (χ3n) is 4.18. The van der Waals surface area contributed by atoms with Gasteiger partial charge in [-0.25, -0.2) is 8.42 Å². The molecule has 0 saturated carbocycles. The van der Waals surface area contributed by atoms with Crippen molar-refractivity contribution in [1.82, 2.24) is 20.3 Å². The molecule has 1 aliphatic heterocycles. The van der Waals surface area contributed by atoms with E-state index in [1.165, 1.54) is 6.07 Å². The number of amidine groups is 1. The van der Waals surface area contributed by atoms with E-state index in [4.69, 9.17) is 0 Å². The van der Waals surface area contributed by atoms with Crippen molar-refractivity contribution in [1.29, 1.82) is 0 Å². The summed E-state index contributed by atoms with van der Waals surface area (Å²) in [7, 11) is -3.58. The molecule has 2 aromatic rings. The Labute approximate surface area is 168 Å². The van der Waals surface area contributed by atoms with Crippen LogP contribution in [0.3, 0.4) is 0 Å². The molecule has 0 atom stereocenters. The number of aromatic nitrogens is 1. The zero-order valence-electron chi connectivity index (χ0n) is 15.6. The Bertz CT molecular complexity index is 1020. The molecule has 3 N–H and O–H groups in total. The zero-order chi connectivity index (χ0) is 20.7. The van der Waals surface area contributed by atoms with Crippen molar-refractivity contribution >= 4 is 27.7 Å². The largest absolute Gasteiger partial charge is 0.356 e. The number of pyridine rings is 1. The van der Waals surface area contributed by atoms with E-state index in [-0.39, 0.29) is 48.5 Å². The first-order chi connectivity index (χ1) is 14.0. The zero-order valence-corrected chi connectivity index (χ0v) is 16.4. The molecule has 1 aromatic carbocycles. The second-order valence-corrected chi connectivity index (χ2v) is 7.96. The fourth-order valence-corrected chi connectivity index (χ4v) is 3.97. The molecule has 0 unspecified atom stereocenters. The quantitative estimate of drug-likeness (QED) is 0.572. The molecule has 0 radical (unpaired) electrons. The molecule has 29 heavy (non-hydrogen) atoms. The van der Waals surface area contributed by atoms with Gasteiger partial charge < -0.3 is 10.6 Å². The maximum atomic E-state index is 12.0. The number of carbonyl (C=O) groups is 2. The van der Waals surface area contributed by atoms with Crippen LogP contribution in [-0.4, -0.2) is 44.1 Å². The fraction of sp³-hybridized carbons (Fsp3) is 0.263. The van der Waals surface area contributed by atoms with Gasteiger partial charge in [-0.1, -0.05) is 12.1 Å². The van der Waals surface area contributed by atoms with Crippen LogP contribution >= 0.6 is 0 Å². The van der Waals surface area contributed by atoms with Crippen LogP contribution in [0.1, 0.15) is 24.0 Å². The lowest BCUT2D eigenvalue weighted by Crippen LogP contribution is -2.30. The van der Waals surface area contributed by atoms with Crippen LogP contribution < -0.4 is 15.4 Å². The number of rotatable bonds is 8. The Morgan fingerprint density at radius 3 is 2.52 bits per heavy atom. The maximum Gasteiger partial charge on any atom is 0.263 e. The van der Waals surface area contributed by atoms with E-state index in [2.05, 4.69) is 25.3 Å². The van der Waals surface area contributed by atoms with Gasteiger partial charge >= 0.3 is 0 Å². The van der Waals surface area contributed by atoms with Crippen LogP contribution in [0, 0.1) is 0 Å². The Hall–Kier alpha value is -3.27. The van der Waals surface area contributed by atoms with Crippen LogP contribution in [-0.2, 0) is 26.2 Å². The molecular weight excluding hydrogens is 394 g/mol. The van der Waals surface area contributed by atoms with E-state index in [1.54, 1.807) is 30.6 Å². The van der Waals surface area contributed by atoms with Gasteiger partial charge in [0, 0.05) is 43.9 Å². The molecule has 2 amide bonds. The summed E-state index contributed by atoms with van der Waals surface area (Å²) in [6, 6.07) is 10.2. The van der Waals surface area contributed by atoms with E-state index in [1.807, 2.05) is 12.1 Å². The number of hydrogen-bond acceptors (Lipinski definition) is 6. The van der Waals surface area contributed by atoms with Crippen molar-refractivity contribution in [3.05, 3.63) is 59.9 Å². The van der Waals surface area contributed by atoms with Crippen LogP contribution in [0.5, 0.6) is 0 Å². The molecule has 0 saturated heterocycles. The Morgan fingerprint density at radius 1 is 1.00 bits per heavy atom. The standard InChI is InChI=1S/C19H21N5O4S/c25-17(21-11-7-18(26)23-13-14-5-9-20-10-6-14)8-12-22-19-15-3-1-2-4-16(15)29(27,28)24-19/h1-6,9-10H,7-8,11-13H2,(H,21,25)(H,22,24)(H,23,26). The van der Waals surface area contributed by atoms with Gasteiger partial charge in [0.2, 0.25) is 11.8 Å². The second kappa shape index (κ2) is 9.28. The van der Waals surface area contributed by atoms with Crippen molar-refractivity contribution in [3.63, 3.8) is 0 Å². The number of nitrogens with zero attached hydrogens (tertiary/aromatic N) is 2. The SMILES string of the molecule is O=C(CCN=C1NS(=O)(=O)c2ccccc21)NCCC(=O)NCc1ccncc1. The van der Waals surface area contributed by atoms with Crippen LogP contribution in [0.25, 0.3) is 0 Å². The number of nitrogens with one attached hydrogen (secondary N) is 3. The topological polar surface area (TPSA) is 130 Å². The van der Waals surface area contributed by atoms with E-state index in [0.717, 1.165) is 5.56 Å². The van der Waals surface area contributed by atoms with Crippen molar-refractivity contribution < 1.29 is 18.0 Å². The van der Waals surface area contributed by atoms with Gasteiger partial charge in [0.15, 0.2) is 0 Å². The molecule has 2 heterocycles. The summed E-state index contributed by atoms with van der Waals surface area (Å²) in [6.07, 6.45) is 3.56. The first-order valence-electron chi connectivity index (χ1n) is 9.05. The number of fused-ring (bicyclic) bond motifs is 1. The number of benzene rings is 1. The highest BCUT2D eigenvalue weighted by atomic mass is 32.2. The molecule has 0 fully saturated rings. The van der Waals surface area contributed by atoms with Gasteiger partial charge in [-0.2, -0.15) is 0 Å². The first-order valence-corrected chi connectivity index (χ1v) is 10.5. The number of carbonyl (C=O) groups excluding carboxylic acids is 2. The molecule has 0 aliphatic carbocycles. The van der Waals surface area contributed by atoms with Gasteiger partial charge in [-0.3, -0.25) is 24.3 Å². The van der Waals surface area contributed by atoms with Gasteiger partial charge in [0.05, 0.1) is 11.4 Å². The third kappa shape index (κ3) is 5.61. The number of hydrogen-bond donors (Lipinski definition) is 3. The Kier molecular flexibility index (Phi) is 6.55. The van der Waals surface area contributed by atoms with E-state index >= 15 is 0 Å². The number of amides is 2. The molecule has 3 rings (SSSR count). The monoisotopic (exact) mass is 415 g/mol. The molecule has 0 bridgehead atoms. The molecule has 10 heteroatoms. The minimum Gasteiger partial charge on any atom is -0.356 e. The highest BCUT2D eigenvalue weighted by molar-refractivity contribution is 7.90. The molecule has 0 spiro atoms. The summed E-state index contributed by atoms with van der Waals surface area (Å²) in [5.74, 6) is -0.186. The summed E-state index contributed by atoms with van der Waals surface area (Å²) in [6.45, 7) is 0.753. The predicted octanol–water partition coefficient (Wildman–Crippen LogP) is 0.333. The van der Waals surface area contributed by atoms with Gasteiger partial charge in [0.25, 0.3) is 10.0 Å². The van der Waals surface area contributed by atoms with Crippen molar-refractivity contribution in [2.45, 2.75) is 24.3 Å². The van der Waals surface area contributed by atoms with Crippen LogP contribution in [0.2, 0.25) is 0 Å². The van der Waals surface area contributed by atoms with Gasteiger partial charge in [-0.05, 0) is 29.8 Å². The highest BCUT2D eigenvalue weighted by Crippen LogP contribution is 2.22. The Balaban J connectivity index is 1.37. The molecule has 1 aromatic heterocycles. The minimum atomic E-state index is -3.58. The average Bonchev–Trinajstić information content (AvgIpc) is 2.98. The molecule has 152 valence electrons. The van der Waals surface area contributed by atoms with Gasteiger partial charge in [-0.15, -0.1) is 0 Å². The summed E-state index contributed by atoms with van der Waals surface area (Å²) < 4.78 is 26.4. The van der Waals surface area contributed by atoms with Crippen LogP contribution in [0.4, 0.5) is 0 Å². The predicted molar refractivity (Wildman–Crippen MR) is 106 cm³/mol. The maximum absolute atomic E-state index is 12.0. The average molecular weight is 415 g/mol. The summed E-state index contributed by atoms with van der Waals surface area (Å²) in [5, 5.41) is 5.42. The van der Waals surface area contributed by atoms with Crippen molar-refractivity contribution in [2.24, 2.45) is 4.99 Å². The van der Waals surface area contributed by atoms with Crippen molar-refractivity contribution in [3.8, 4) is 0 Å².